The van der Waals surface area contributed by atoms with E-state index >= 15 is 0 Å². The minimum atomic E-state index is 0.670. The van der Waals surface area contributed by atoms with E-state index in [0.29, 0.717) is 6.54 Å². The molecule has 0 aliphatic rings. The Morgan fingerprint density at radius 2 is 2.42 bits per heavy atom. The topological polar surface area (TPSA) is 55.3 Å². The van der Waals surface area contributed by atoms with Crippen molar-refractivity contribution < 1.29 is 4.42 Å². The van der Waals surface area contributed by atoms with Crippen LogP contribution in [0.5, 0.6) is 0 Å². The first-order chi connectivity index (χ1) is 5.74. The fourth-order valence-electron chi connectivity index (χ4n) is 1.02. The number of hydrogen-bond donors (Lipinski definition) is 1. The Bertz CT molecular complexity index is 234. The van der Waals surface area contributed by atoms with E-state index in [9.17, 15) is 0 Å². The lowest BCUT2D eigenvalue weighted by atomic mass is 10.3. The van der Waals surface area contributed by atoms with Gasteiger partial charge in [0.15, 0.2) is 6.39 Å². The van der Waals surface area contributed by atoms with Crippen LogP contribution in [0.4, 0.5) is 0 Å². The Balaban J connectivity index is 2.46. The van der Waals surface area contributed by atoms with Crippen LogP contribution in [0.25, 0.3) is 0 Å². The summed E-state index contributed by atoms with van der Waals surface area (Å²) in [7, 11) is 2.01. The summed E-state index contributed by atoms with van der Waals surface area (Å²) in [6.45, 7) is 4.27. The molecule has 0 amide bonds. The van der Waals surface area contributed by atoms with E-state index in [4.69, 9.17) is 10.2 Å². The largest absolute Gasteiger partial charge is 0.447 e. The van der Waals surface area contributed by atoms with Gasteiger partial charge in [-0.25, -0.2) is 4.98 Å². The second-order valence-corrected chi connectivity index (χ2v) is 2.89. The van der Waals surface area contributed by atoms with Gasteiger partial charge in [0.2, 0.25) is 0 Å². The first-order valence-electron chi connectivity index (χ1n) is 4.01. The van der Waals surface area contributed by atoms with Crippen molar-refractivity contribution in [2.75, 3.05) is 20.1 Å². The van der Waals surface area contributed by atoms with E-state index in [-0.39, 0.29) is 0 Å². The van der Waals surface area contributed by atoms with E-state index in [0.717, 1.165) is 24.5 Å². The zero-order chi connectivity index (χ0) is 8.97. The van der Waals surface area contributed by atoms with Crippen molar-refractivity contribution in [3.63, 3.8) is 0 Å². The maximum atomic E-state index is 5.41. The molecule has 0 saturated carbocycles. The average molecular weight is 169 g/mol. The van der Waals surface area contributed by atoms with Crippen molar-refractivity contribution in [1.82, 2.24) is 9.88 Å². The highest BCUT2D eigenvalue weighted by Gasteiger charge is 2.05. The van der Waals surface area contributed by atoms with Gasteiger partial charge in [0, 0.05) is 13.1 Å². The molecule has 0 aliphatic carbocycles. The summed E-state index contributed by atoms with van der Waals surface area (Å²) in [6, 6.07) is 0. The molecule has 12 heavy (non-hydrogen) atoms. The van der Waals surface area contributed by atoms with Crippen LogP contribution >= 0.6 is 0 Å². The smallest absolute Gasteiger partial charge is 0.181 e. The Morgan fingerprint density at radius 3 is 2.92 bits per heavy atom. The van der Waals surface area contributed by atoms with Crippen LogP contribution < -0.4 is 5.73 Å². The Hall–Kier alpha value is -0.870. The van der Waals surface area contributed by atoms with Gasteiger partial charge < -0.3 is 10.2 Å². The van der Waals surface area contributed by atoms with Gasteiger partial charge in [-0.2, -0.15) is 0 Å². The minimum absolute atomic E-state index is 0.670. The predicted molar refractivity (Wildman–Crippen MR) is 46.6 cm³/mol. The van der Waals surface area contributed by atoms with Gasteiger partial charge >= 0.3 is 0 Å². The van der Waals surface area contributed by atoms with Crippen LogP contribution in [0.2, 0.25) is 0 Å². The Labute approximate surface area is 72.4 Å². The minimum Gasteiger partial charge on any atom is -0.447 e. The summed E-state index contributed by atoms with van der Waals surface area (Å²) in [6.07, 6.45) is 1.47. The van der Waals surface area contributed by atoms with Gasteiger partial charge in [-0.1, -0.05) is 0 Å². The summed E-state index contributed by atoms with van der Waals surface area (Å²) < 4.78 is 5.19. The Morgan fingerprint density at radius 1 is 1.67 bits per heavy atom. The fraction of sp³-hybridized carbons (Fsp3) is 0.625. The molecule has 0 spiro atoms. The van der Waals surface area contributed by atoms with Crippen molar-refractivity contribution in [1.29, 1.82) is 0 Å². The third-order valence-corrected chi connectivity index (χ3v) is 1.77. The Kier molecular flexibility index (Phi) is 3.25. The van der Waals surface area contributed by atoms with Gasteiger partial charge in [0.05, 0.1) is 12.2 Å². The highest BCUT2D eigenvalue weighted by atomic mass is 16.3. The van der Waals surface area contributed by atoms with E-state index in [1.165, 1.54) is 6.39 Å². The zero-order valence-corrected chi connectivity index (χ0v) is 7.58. The van der Waals surface area contributed by atoms with Gasteiger partial charge in [-0.3, -0.25) is 4.90 Å². The summed E-state index contributed by atoms with van der Waals surface area (Å²) in [5.41, 5.74) is 6.37. The van der Waals surface area contributed by atoms with Crippen LogP contribution in [-0.2, 0) is 6.54 Å². The van der Waals surface area contributed by atoms with E-state index in [1.807, 2.05) is 14.0 Å². The molecule has 0 aliphatic heterocycles. The molecule has 1 heterocycles. The third kappa shape index (κ3) is 2.32. The van der Waals surface area contributed by atoms with E-state index < -0.39 is 0 Å². The number of nitrogens with zero attached hydrogens (tertiary/aromatic N) is 2. The molecule has 68 valence electrons. The lowest BCUT2D eigenvalue weighted by Gasteiger charge is -2.13. The molecule has 0 aromatic carbocycles. The molecule has 1 rings (SSSR count). The second-order valence-electron chi connectivity index (χ2n) is 2.89. The molecule has 4 heteroatoms. The SMILES string of the molecule is Cc1ncoc1CN(C)CCN. The molecular weight excluding hydrogens is 154 g/mol. The molecule has 0 saturated heterocycles. The molecule has 0 radical (unpaired) electrons. The summed E-state index contributed by atoms with van der Waals surface area (Å²) in [5, 5.41) is 0. The molecule has 2 N–H and O–H groups in total. The van der Waals surface area contributed by atoms with Crippen LogP contribution in [0, 0.1) is 6.92 Å². The molecule has 4 nitrogen and oxygen atoms in total. The summed E-state index contributed by atoms with van der Waals surface area (Å²) in [4.78, 5) is 6.11. The maximum Gasteiger partial charge on any atom is 0.181 e. The van der Waals surface area contributed by atoms with Gasteiger partial charge in [-0.05, 0) is 14.0 Å². The number of aryl methyl sites for hydroxylation is 1. The standard InChI is InChI=1S/C8H15N3O/c1-7-8(12-6-10-7)5-11(2)4-3-9/h6H,3-5,9H2,1-2H3. The normalized spacial score (nSPS) is 11.0. The number of rotatable bonds is 4. The summed E-state index contributed by atoms with van der Waals surface area (Å²) >= 11 is 0. The summed E-state index contributed by atoms with van der Waals surface area (Å²) in [5.74, 6) is 0.922. The maximum absolute atomic E-state index is 5.41. The highest BCUT2D eigenvalue weighted by Crippen LogP contribution is 2.06. The zero-order valence-electron chi connectivity index (χ0n) is 7.58. The van der Waals surface area contributed by atoms with E-state index in [1.54, 1.807) is 0 Å². The van der Waals surface area contributed by atoms with Crippen LogP contribution in [-0.4, -0.2) is 30.0 Å². The molecule has 0 bridgehead atoms. The lowest BCUT2D eigenvalue weighted by molar-refractivity contribution is 0.301. The number of aromatic nitrogens is 1. The third-order valence-electron chi connectivity index (χ3n) is 1.77. The quantitative estimate of drug-likeness (QED) is 0.707. The molecule has 1 aromatic rings. The number of nitrogens with two attached hydrogens (primary N) is 1. The lowest BCUT2D eigenvalue weighted by Crippen LogP contribution is -2.25. The fourth-order valence-corrected chi connectivity index (χ4v) is 1.02. The monoisotopic (exact) mass is 169 g/mol. The number of oxazole rings is 1. The van der Waals surface area contributed by atoms with Crippen molar-refractivity contribution in [3.05, 3.63) is 17.8 Å². The highest BCUT2D eigenvalue weighted by molar-refractivity contribution is 5.03. The van der Waals surface area contributed by atoms with Gasteiger partial charge in [0.25, 0.3) is 0 Å². The van der Waals surface area contributed by atoms with Crippen LogP contribution in [0.15, 0.2) is 10.8 Å². The van der Waals surface area contributed by atoms with Crippen molar-refractivity contribution in [2.24, 2.45) is 5.73 Å². The first-order valence-corrected chi connectivity index (χ1v) is 4.01. The molecule has 0 unspecified atom stereocenters. The van der Waals surface area contributed by atoms with E-state index in [2.05, 4.69) is 9.88 Å². The van der Waals surface area contributed by atoms with Gasteiger partial charge in [-0.15, -0.1) is 0 Å². The average Bonchev–Trinajstić information content (AvgIpc) is 2.37. The molecule has 1 aromatic heterocycles. The predicted octanol–water partition coefficient (Wildman–Crippen LogP) is 0.374. The number of hydrogen-bond acceptors (Lipinski definition) is 4. The van der Waals surface area contributed by atoms with Crippen LogP contribution in [0.1, 0.15) is 11.5 Å². The van der Waals surface area contributed by atoms with Crippen molar-refractivity contribution >= 4 is 0 Å². The van der Waals surface area contributed by atoms with Crippen LogP contribution in [0.3, 0.4) is 0 Å². The van der Waals surface area contributed by atoms with Crippen molar-refractivity contribution in [2.45, 2.75) is 13.5 Å². The second kappa shape index (κ2) is 4.23. The molecule has 0 atom stereocenters. The van der Waals surface area contributed by atoms with Gasteiger partial charge in [0.1, 0.15) is 5.76 Å². The molecule has 0 fully saturated rings. The number of likely N-dealkylation sites (N-methyl/N-ethyl adjacent to an activating group) is 1. The van der Waals surface area contributed by atoms with Crippen molar-refractivity contribution in [3.8, 4) is 0 Å². The molecular formula is C8H15N3O. The first kappa shape index (κ1) is 9.22.